The number of nitrogens with zero attached hydrogens (tertiary/aromatic N) is 1. The van der Waals surface area contributed by atoms with Crippen molar-refractivity contribution in [1.29, 1.82) is 5.26 Å². The molecule has 3 nitrogen and oxygen atoms in total. The van der Waals surface area contributed by atoms with E-state index < -0.39 is 24.1 Å². The van der Waals surface area contributed by atoms with Crippen molar-refractivity contribution in [3.05, 3.63) is 35.1 Å². The minimum Gasteiger partial charge on any atom is -0.391 e. The highest BCUT2D eigenvalue weighted by Gasteiger charge is 2.20. The van der Waals surface area contributed by atoms with Gasteiger partial charge in [0.1, 0.15) is 5.82 Å². The molecule has 0 spiro atoms. The smallest absolute Gasteiger partial charge is 0.169 e. The Hall–Kier alpha value is -1.44. The fourth-order valence-electron chi connectivity index (χ4n) is 1.40. The summed E-state index contributed by atoms with van der Waals surface area (Å²) in [5, 5.41) is 18.4. The van der Waals surface area contributed by atoms with Gasteiger partial charge in [0, 0.05) is 5.56 Å². The fraction of sp³-hybridized carbons (Fsp3) is 0.462. The molecule has 3 unspecified atom stereocenters. The van der Waals surface area contributed by atoms with E-state index in [0.29, 0.717) is 5.56 Å². The summed E-state index contributed by atoms with van der Waals surface area (Å²) in [6, 6.07) is 6.20. The summed E-state index contributed by atoms with van der Waals surface area (Å²) in [4.78, 5) is 0. The van der Waals surface area contributed by atoms with Crippen molar-refractivity contribution in [3.63, 3.8) is 0 Å². The molecule has 0 aliphatic rings. The molecule has 0 amide bonds. The van der Waals surface area contributed by atoms with E-state index in [2.05, 4.69) is 0 Å². The lowest BCUT2D eigenvalue weighted by molar-refractivity contribution is -0.0428. The van der Waals surface area contributed by atoms with Gasteiger partial charge in [-0.2, -0.15) is 5.26 Å². The molecule has 0 saturated heterocycles. The molecular formula is C13H16FNO2. The maximum absolute atomic E-state index is 13.1. The number of rotatable bonds is 4. The first kappa shape index (κ1) is 13.6. The molecule has 1 aromatic rings. The molecular weight excluding hydrogens is 221 g/mol. The van der Waals surface area contributed by atoms with Crippen LogP contribution in [0.5, 0.6) is 0 Å². The standard InChI is InChI=1S/C13H16FNO2/c1-8-4-5-11(14)6-12(8)13(7-15)17-10(3)9(2)16/h4-6,9-10,13,16H,1-3H3. The van der Waals surface area contributed by atoms with Gasteiger partial charge >= 0.3 is 0 Å². The highest BCUT2D eigenvalue weighted by Crippen LogP contribution is 2.23. The molecule has 92 valence electrons. The van der Waals surface area contributed by atoms with Gasteiger partial charge in [-0.15, -0.1) is 0 Å². The normalized spacial score (nSPS) is 16.0. The Bertz CT molecular complexity index is 426. The molecule has 0 saturated carbocycles. The number of aliphatic hydroxyl groups is 1. The molecule has 0 aliphatic carbocycles. The average Bonchev–Trinajstić information content (AvgIpc) is 2.29. The van der Waals surface area contributed by atoms with Crippen molar-refractivity contribution in [2.45, 2.75) is 39.1 Å². The summed E-state index contributed by atoms with van der Waals surface area (Å²) in [7, 11) is 0. The number of halogens is 1. The second-order valence-corrected chi connectivity index (χ2v) is 4.09. The van der Waals surface area contributed by atoms with Crippen molar-refractivity contribution in [2.24, 2.45) is 0 Å². The third-order valence-electron chi connectivity index (χ3n) is 2.67. The predicted octanol–water partition coefficient (Wildman–Crippen LogP) is 2.48. The van der Waals surface area contributed by atoms with E-state index in [9.17, 15) is 9.50 Å². The SMILES string of the molecule is Cc1ccc(F)cc1C(C#N)OC(C)C(C)O. The van der Waals surface area contributed by atoms with E-state index in [1.165, 1.54) is 12.1 Å². The van der Waals surface area contributed by atoms with Gasteiger partial charge < -0.3 is 9.84 Å². The number of aryl methyl sites for hydroxylation is 1. The van der Waals surface area contributed by atoms with Gasteiger partial charge in [0.15, 0.2) is 6.10 Å². The van der Waals surface area contributed by atoms with E-state index in [1.807, 2.05) is 6.07 Å². The van der Waals surface area contributed by atoms with E-state index in [-0.39, 0.29) is 0 Å². The molecule has 4 heteroatoms. The van der Waals surface area contributed by atoms with Crippen LogP contribution in [0, 0.1) is 24.1 Å². The molecule has 0 heterocycles. The molecule has 3 atom stereocenters. The van der Waals surface area contributed by atoms with Crippen LogP contribution >= 0.6 is 0 Å². The van der Waals surface area contributed by atoms with Gasteiger partial charge in [-0.3, -0.25) is 0 Å². The molecule has 1 rings (SSSR count). The number of hydrogen-bond donors (Lipinski definition) is 1. The van der Waals surface area contributed by atoms with Crippen molar-refractivity contribution < 1.29 is 14.2 Å². The van der Waals surface area contributed by atoms with Crippen LogP contribution in [0.2, 0.25) is 0 Å². The summed E-state index contributed by atoms with van der Waals surface area (Å²) in [5.74, 6) is -0.404. The zero-order valence-corrected chi connectivity index (χ0v) is 10.1. The minimum absolute atomic E-state index is 0.404. The number of benzene rings is 1. The number of ether oxygens (including phenoxy) is 1. The van der Waals surface area contributed by atoms with Crippen molar-refractivity contribution in [1.82, 2.24) is 0 Å². The third kappa shape index (κ3) is 3.52. The van der Waals surface area contributed by atoms with Crippen LogP contribution in [-0.2, 0) is 4.74 Å². The largest absolute Gasteiger partial charge is 0.391 e. The Morgan fingerprint density at radius 3 is 2.59 bits per heavy atom. The Labute approximate surface area is 100 Å². The van der Waals surface area contributed by atoms with Gasteiger partial charge in [-0.05, 0) is 38.5 Å². The highest BCUT2D eigenvalue weighted by atomic mass is 19.1. The molecule has 0 radical (unpaired) electrons. The van der Waals surface area contributed by atoms with Gasteiger partial charge in [0.2, 0.25) is 0 Å². The maximum Gasteiger partial charge on any atom is 0.169 e. The molecule has 1 N–H and O–H groups in total. The number of aliphatic hydroxyl groups excluding tert-OH is 1. The Balaban J connectivity index is 2.95. The quantitative estimate of drug-likeness (QED) is 0.875. The average molecular weight is 237 g/mol. The monoisotopic (exact) mass is 237 g/mol. The first-order chi connectivity index (χ1) is 7.95. The Morgan fingerprint density at radius 1 is 1.41 bits per heavy atom. The van der Waals surface area contributed by atoms with Gasteiger partial charge in [0.05, 0.1) is 18.3 Å². The predicted molar refractivity (Wildman–Crippen MR) is 61.7 cm³/mol. The van der Waals surface area contributed by atoms with Crippen LogP contribution < -0.4 is 0 Å². The van der Waals surface area contributed by atoms with E-state index in [1.54, 1.807) is 26.8 Å². The molecule has 0 fully saturated rings. The van der Waals surface area contributed by atoms with Crippen molar-refractivity contribution >= 4 is 0 Å². The highest BCUT2D eigenvalue weighted by molar-refractivity contribution is 5.31. The summed E-state index contributed by atoms with van der Waals surface area (Å²) < 4.78 is 18.5. The van der Waals surface area contributed by atoms with E-state index in [4.69, 9.17) is 10.00 Å². The van der Waals surface area contributed by atoms with Gasteiger partial charge in [-0.25, -0.2) is 4.39 Å². The lowest BCUT2D eigenvalue weighted by Crippen LogP contribution is -2.24. The molecule has 17 heavy (non-hydrogen) atoms. The Kier molecular flexibility index (Phi) is 4.62. The summed E-state index contributed by atoms with van der Waals surface area (Å²) in [6.07, 6.45) is -2.03. The lowest BCUT2D eigenvalue weighted by Gasteiger charge is -2.20. The lowest BCUT2D eigenvalue weighted by atomic mass is 10.0. The van der Waals surface area contributed by atoms with Crippen molar-refractivity contribution in [2.75, 3.05) is 0 Å². The van der Waals surface area contributed by atoms with Gasteiger partial charge in [0.25, 0.3) is 0 Å². The zero-order valence-electron chi connectivity index (χ0n) is 10.1. The summed E-state index contributed by atoms with van der Waals surface area (Å²) >= 11 is 0. The molecule has 0 aliphatic heterocycles. The first-order valence-electron chi connectivity index (χ1n) is 5.45. The fourth-order valence-corrected chi connectivity index (χ4v) is 1.40. The second kappa shape index (κ2) is 5.76. The van der Waals surface area contributed by atoms with Crippen LogP contribution in [0.15, 0.2) is 18.2 Å². The topological polar surface area (TPSA) is 53.2 Å². The van der Waals surface area contributed by atoms with Crippen LogP contribution in [0.25, 0.3) is 0 Å². The summed E-state index contributed by atoms with van der Waals surface area (Å²) in [5.41, 5.74) is 1.29. The summed E-state index contributed by atoms with van der Waals surface area (Å²) in [6.45, 7) is 5.04. The maximum atomic E-state index is 13.1. The Morgan fingerprint density at radius 2 is 2.06 bits per heavy atom. The second-order valence-electron chi connectivity index (χ2n) is 4.09. The molecule has 1 aromatic carbocycles. The van der Waals surface area contributed by atoms with E-state index >= 15 is 0 Å². The van der Waals surface area contributed by atoms with Gasteiger partial charge in [-0.1, -0.05) is 6.07 Å². The number of nitriles is 1. The van der Waals surface area contributed by atoms with Crippen LogP contribution in [-0.4, -0.2) is 17.3 Å². The molecule has 0 bridgehead atoms. The zero-order chi connectivity index (χ0) is 13.0. The van der Waals surface area contributed by atoms with Crippen LogP contribution in [0.3, 0.4) is 0 Å². The van der Waals surface area contributed by atoms with Crippen molar-refractivity contribution in [3.8, 4) is 6.07 Å². The van der Waals surface area contributed by atoms with Crippen LogP contribution in [0.4, 0.5) is 4.39 Å². The first-order valence-corrected chi connectivity index (χ1v) is 5.45. The van der Waals surface area contributed by atoms with Crippen LogP contribution in [0.1, 0.15) is 31.1 Å². The molecule has 0 aromatic heterocycles. The minimum atomic E-state index is -0.865. The third-order valence-corrected chi connectivity index (χ3v) is 2.67. The number of hydrogen-bond acceptors (Lipinski definition) is 3. The van der Waals surface area contributed by atoms with E-state index in [0.717, 1.165) is 5.56 Å².